The van der Waals surface area contributed by atoms with E-state index in [0.717, 1.165) is 52.8 Å². The van der Waals surface area contributed by atoms with Gasteiger partial charge in [0.2, 0.25) is 5.88 Å². The Bertz CT molecular complexity index is 1230. The van der Waals surface area contributed by atoms with Gasteiger partial charge in [0, 0.05) is 40.3 Å². The van der Waals surface area contributed by atoms with Crippen LogP contribution in [0.1, 0.15) is 59.8 Å². The summed E-state index contributed by atoms with van der Waals surface area (Å²) in [4.78, 5) is 22.7. The minimum Gasteiger partial charge on any atom is -0.481 e. The number of carbonyl (C=O) groups is 1. The molecule has 0 radical (unpaired) electrons. The molecule has 8 nitrogen and oxygen atoms in total. The molecule has 1 aliphatic rings. The van der Waals surface area contributed by atoms with E-state index in [9.17, 15) is 4.79 Å². The van der Waals surface area contributed by atoms with Crippen molar-refractivity contribution in [1.29, 1.82) is 0 Å². The quantitative estimate of drug-likeness (QED) is 0.448. The molecular formula is C27H37ClN6O2. The van der Waals surface area contributed by atoms with Gasteiger partial charge in [-0.15, -0.1) is 0 Å². The molecule has 0 bridgehead atoms. The summed E-state index contributed by atoms with van der Waals surface area (Å²) in [5, 5.41) is 11.7. The largest absolute Gasteiger partial charge is 0.481 e. The van der Waals surface area contributed by atoms with Gasteiger partial charge < -0.3 is 19.9 Å². The van der Waals surface area contributed by atoms with Crippen molar-refractivity contribution in [2.45, 2.75) is 65.1 Å². The van der Waals surface area contributed by atoms with Crippen molar-refractivity contribution in [1.82, 2.24) is 25.4 Å². The number of nitrogens with zero attached hydrogens (tertiary/aromatic N) is 4. The molecule has 4 rings (SSSR count). The summed E-state index contributed by atoms with van der Waals surface area (Å²) in [6.45, 7) is 7.21. The van der Waals surface area contributed by atoms with E-state index < -0.39 is 0 Å². The second kappa shape index (κ2) is 11.0. The molecule has 36 heavy (non-hydrogen) atoms. The number of hydrogen-bond donors (Lipinski definition) is 2. The Morgan fingerprint density at radius 2 is 1.89 bits per heavy atom. The summed E-state index contributed by atoms with van der Waals surface area (Å²) < 4.78 is 5.50. The van der Waals surface area contributed by atoms with Crippen LogP contribution in [0.2, 0.25) is 5.02 Å². The van der Waals surface area contributed by atoms with Gasteiger partial charge in [-0.1, -0.05) is 11.6 Å². The molecule has 1 aromatic carbocycles. The first kappa shape index (κ1) is 26.2. The highest BCUT2D eigenvalue weighted by Gasteiger charge is 2.28. The normalized spacial score (nSPS) is 18.0. The molecule has 1 fully saturated rings. The zero-order valence-electron chi connectivity index (χ0n) is 22.1. The number of aryl methyl sites for hydroxylation is 1. The number of halogens is 1. The average molecular weight is 513 g/mol. The highest BCUT2D eigenvalue weighted by molar-refractivity contribution is 6.31. The highest BCUT2D eigenvalue weighted by atomic mass is 35.5. The zero-order chi connectivity index (χ0) is 26.0. The number of benzene rings is 1. The molecule has 2 N–H and O–H groups in total. The van der Waals surface area contributed by atoms with Crippen LogP contribution in [0.3, 0.4) is 0 Å². The average Bonchev–Trinajstić information content (AvgIpc) is 3.36. The molecule has 1 amide bonds. The fourth-order valence-corrected chi connectivity index (χ4v) is 5.70. The van der Waals surface area contributed by atoms with Crippen LogP contribution in [0.5, 0.6) is 5.88 Å². The van der Waals surface area contributed by atoms with Crippen molar-refractivity contribution >= 4 is 34.1 Å². The number of H-pyrrole nitrogens is 1. The highest BCUT2D eigenvalue weighted by Crippen LogP contribution is 2.34. The number of rotatable bonds is 8. The Morgan fingerprint density at radius 3 is 2.53 bits per heavy atom. The summed E-state index contributed by atoms with van der Waals surface area (Å²) in [6, 6.07) is 4.83. The third-order valence-electron chi connectivity index (χ3n) is 7.55. The molecule has 194 valence electrons. The molecule has 0 aliphatic heterocycles. The maximum Gasteiger partial charge on any atom is 0.251 e. The van der Waals surface area contributed by atoms with Crippen LogP contribution >= 0.6 is 11.6 Å². The standard InChI is InChI=1S/C27H37ClN6O2/c1-7-34(20-10-8-19(9-11-20)33(4)5)24-13-18(28)12-21(16(24)2)26(35)29-14-23-25-22(15-30-32-25)17(3)31-27(23)36-6/h12-13,15,19-20H,7-11,14H2,1-6H3,(H,29,35)(H,30,32). The smallest absolute Gasteiger partial charge is 0.251 e. The van der Waals surface area contributed by atoms with E-state index in [1.165, 1.54) is 12.8 Å². The molecule has 1 saturated carbocycles. The van der Waals surface area contributed by atoms with Crippen LogP contribution in [0.25, 0.3) is 10.9 Å². The predicted octanol–water partition coefficient (Wildman–Crippen LogP) is 4.87. The minimum atomic E-state index is -0.182. The van der Waals surface area contributed by atoms with Crippen molar-refractivity contribution in [2.75, 3.05) is 32.6 Å². The van der Waals surface area contributed by atoms with Crippen molar-refractivity contribution in [3.63, 3.8) is 0 Å². The van der Waals surface area contributed by atoms with E-state index in [1.54, 1.807) is 19.4 Å². The van der Waals surface area contributed by atoms with E-state index in [1.807, 2.05) is 19.9 Å². The lowest BCUT2D eigenvalue weighted by atomic mass is 9.89. The molecule has 9 heteroatoms. The number of ether oxygens (including phenoxy) is 1. The number of hydrogen-bond acceptors (Lipinski definition) is 6. The van der Waals surface area contributed by atoms with Gasteiger partial charge in [0.05, 0.1) is 36.6 Å². The lowest BCUT2D eigenvalue weighted by Gasteiger charge is -2.40. The second-order valence-electron chi connectivity index (χ2n) is 9.84. The second-order valence-corrected chi connectivity index (χ2v) is 10.3. The summed E-state index contributed by atoms with van der Waals surface area (Å²) >= 11 is 6.56. The lowest BCUT2D eigenvalue weighted by Crippen LogP contribution is -2.42. The van der Waals surface area contributed by atoms with Crippen LogP contribution in [0, 0.1) is 13.8 Å². The lowest BCUT2D eigenvalue weighted by molar-refractivity contribution is 0.0950. The van der Waals surface area contributed by atoms with Crippen molar-refractivity contribution in [3.05, 3.63) is 45.7 Å². The molecule has 0 spiro atoms. The number of amides is 1. The topological polar surface area (TPSA) is 86.4 Å². The molecule has 0 unspecified atom stereocenters. The minimum absolute atomic E-state index is 0.182. The number of pyridine rings is 1. The van der Waals surface area contributed by atoms with Gasteiger partial charge in [-0.25, -0.2) is 4.98 Å². The van der Waals surface area contributed by atoms with E-state index in [2.05, 4.69) is 51.3 Å². The molecule has 2 aromatic heterocycles. The first-order chi connectivity index (χ1) is 17.2. The van der Waals surface area contributed by atoms with Crippen LogP contribution in [-0.2, 0) is 6.54 Å². The van der Waals surface area contributed by atoms with Gasteiger partial charge in [0.1, 0.15) is 0 Å². The Morgan fingerprint density at radius 1 is 1.19 bits per heavy atom. The zero-order valence-corrected chi connectivity index (χ0v) is 22.9. The van der Waals surface area contributed by atoms with Gasteiger partial charge in [-0.05, 0) is 78.2 Å². The van der Waals surface area contributed by atoms with Crippen LogP contribution in [0.15, 0.2) is 18.3 Å². The number of methoxy groups -OCH3 is 1. The third-order valence-corrected chi connectivity index (χ3v) is 7.77. The molecule has 0 saturated heterocycles. The van der Waals surface area contributed by atoms with Crippen molar-refractivity contribution in [3.8, 4) is 5.88 Å². The molecule has 2 heterocycles. The van der Waals surface area contributed by atoms with E-state index >= 15 is 0 Å². The Balaban J connectivity index is 1.57. The maximum atomic E-state index is 13.4. The van der Waals surface area contributed by atoms with Gasteiger partial charge in [0.15, 0.2) is 0 Å². The molecule has 1 aliphatic carbocycles. The number of anilines is 1. The van der Waals surface area contributed by atoms with E-state index in [-0.39, 0.29) is 12.5 Å². The van der Waals surface area contributed by atoms with Gasteiger partial charge >= 0.3 is 0 Å². The Kier molecular flexibility index (Phi) is 8.05. The fraction of sp³-hybridized carbons (Fsp3) is 0.519. The van der Waals surface area contributed by atoms with Gasteiger partial charge in [-0.3, -0.25) is 9.89 Å². The fourth-order valence-electron chi connectivity index (χ4n) is 5.48. The number of fused-ring (bicyclic) bond motifs is 1. The van der Waals surface area contributed by atoms with Crippen LogP contribution in [0.4, 0.5) is 5.69 Å². The molecule has 0 atom stereocenters. The van der Waals surface area contributed by atoms with Crippen LogP contribution < -0.4 is 15.0 Å². The molecular weight excluding hydrogens is 476 g/mol. The monoisotopic (exact) mass is 512 g/mol. The van der Waals surface area contributed by atoms with Gasteiger partial charge in [0.25, 0.3) is 5.91 Å². The van der Waals surface area contributed by atoms with Crippen molar-refractivity contribution in [2.24, 2.45) is 0 Å². The summed E-state index contributed by atoms with van der Waals surface area (Å²) in [7, 11) is 5.90. The number of carbonyl (C=O) groups excluding carboxylic acids is 1. The summed E-state index contributed by atoms with van der Waals surface area (Å²) in [5.74, 6) is 0.289. The van der Waals surface area contributed by atoms with Crippen LogP contribution in [-0.4, -0.2) is 65.8 Å². The van der Waals surface area contributed by atoms with E-state index in [4.69, 9.17) is 16.3 Å². The SMILES string of the molecule is CCN(c1cc(Cl)cc(C(=O)NCc2c(OC)nc(C)c3cn[nH]c23)c1C)C1CCC(N(C)C)CC1. The maximum absolute atomic E-state index is 13.4. The Labute approximate surface area is 218 Å². The molecule has 3 aromatic rings. The third kappa shape index (κ3) is 5.15. The van der Waals surface area contributed by atoms with E-state index in [0.29, 0.717) is 28.5 Å². The number of aromatic amines is 1. The van der Waals surface area contributed by atoms with Crippen molar-refractivity contribution < 1.29 is 9.53 Å². The summed E-state index contributed by atoms with van der Waals surface area (Å²) in [6.07, 6.45) is 6.35. The predicted molar refractivity (Wildman–Crippen MR) is 145 cm³/mol. The Hall–Kier alpha value is -2.84. The number of nitrogens with one attached hydrogen (secondary N) is 2. The summed E-state index contributed by atoms with van der Waals surface area (Å²) in [5.41, 5.74) is 4.95. The van der Waals surface area contributed by atoms with Gasteiger partial charge in [-0.2, -0.15) is 5.10 Å². The number of aromatic nitrogens is 3. The first-order valence-corrected chi connectivity index (χ1v) is 13.0. The first-order valence-electron chi connectivity index (χ1n) is 12.6.